The van der Waals surface area contributed by atoms with Gasteiger partial charge in [-0.05, 0) is 79.9 Å². The van der Waals surface area contributed by atoms with Gasteiger partial charge in [-0.3, -0.25) is 0 Å². The van der Waals surface area contributed by atoms with Crippen LogP contribution in [0.3, 0.4) is 0 Å². The zero-order valence-electron chi connectivity index (χ0n) is 16.8. The third-order valence-corrected chi connectivity index (χ3v) is 6.77. The molecule has 2 aromatic rings. The second-order valence-electron chi connectivity index (χ2n) is 8.55. The van der Waals surface area contributed by atoms with Crippen molar-refractivity contribution in [3.05, 3.63) is 77.6 Å². The highest BCUT2D eigenvalue weighted by molar-refractivity contribution is 5.91. The summed E-state index contributed by atoms with van der Waals surface area (Å²) in [5, 5.41) is 0. The number of carbonyl (C=O) groups is 1. The van der Waals surface area contributed by atoms with Gasteiger partial charge in [0.15, 0.2) is 17.5 Å². The first-order valence-electron chi connectivity index (χ1n) is 10.5. The Bertz CT molecular complexity index is 915. The van der Waals surface area contributed by atoms with Gasteiger partial charge in [0.05, 0.1) is 5.56 Å². The van der Waals surface area contributed by atoms with E-state index < -0.39 is 23.4 Å². The molecule has 2 aromatic carbocycles. The molecular formula is C25H25F3O2. The molecule has 2 saturated carbocycles. The molecule has 158 valence electrons. The van der Waals surface area contributed by atoms with E-state index in [9.17, 15) is 18.0 Å². The van der Waals surface area contributed by atoms with Crippen molar-refractivity contribution >= 4 is 5.97 Å². The number of ether oxygens (including phenoxy) is 1. The van der Waals surface area contributed by atoms with Gasteiger partial charge in [-0.15, -0.1) is 6.58 Å². The van der Waals surface area contributed by atoms with Crippen molar-refractivity contribution in [2.75, 3.05) is 0 Å². The van der Waals surface area contributed by atoms with Crippen molar-refractivity contribution in [2.24, 2.45) is 17.8 Å². The molecule has 0 heterocycles. The number of hydrogen-bond donors (Lipinski definition) is 0. The van der Waals surface area contributed by atoms with Crippen molar-refractivity contribution in [1.82, 2.24) is 0 Å². The molecule has 0 N–H and O–H groups in total. The van der Waals surface area contributed by atoms with E-state index in [0.29, 0.717) is 24.0 Å². The van der Waals surface area contributed by atoms with E-state index in [0.717, 1.165) is 18.3 Å². The first-order valence-corrected chi connectivity index (χ1v) is 10.5. The molecular weight excluding hydrogens is 389 g/mol. The Morgan fingerprint density at radius 1 is 0.933 bits per heavy atom. The molecule has 0 aromatic heterocycles. The van der Waals surface area contributed by atoms with E-state index in [1.807, 2.05) is 12.1 Å². The molecule has 0 spiro atoms. The van der Waals surface area contributed by atoms with E-state index in [4.69, 9.17) is 4.74 Å². The predicted molar refractivity (Wildman–Crippen MR) is 109 cm³/mol. The second-order valence-corrected chi connectivity index (χ2v) is 8.55. The lowest BCUT2D eigenvalue weighted by Gasteiger charge is -2.41. The fraction of sp³-hybridized carbons (Fsp3) is 0.400. The smallest absolute Gasteiger partial charge is 0.343 e. The quantitative estimate of drug-likeness (QED) is 0.238. The zero-order valence-corrected chi connectivity index (χ0v) is 16.8. The van der Waals surface area contributed by atoms with Crippen LogP contribution in [0.2, 0.25) is 0 Å². The summed E-state index contributed by atoms with van der Waals surface area (Å²) in [5.74, 6) is -2.79. The molecule has 0 bridgehead atoms. The Kier molecular flexibility index (Phi) is 5.98. The molecule has 2 nitrogen and oxygen atoms in total. The molecule has 0 amide bonds. The van der Waals surface area contributed by atoms with Crippen molar-refractivity contribution in [1.29, 1.82) is 0 Å². The van der Waals surface area contributed by atoms with Crippen LogP contribution in [0.4, 0.5) is 13.2 Å². The van der Waals surface area contributed by atoms with Crippen LogP contribution in [0.5, 0.6) is 5.75 Å². The minimum Gasteiger partial charge on any atom is -0.423 e. The number of benzene rings is 2. The number of halogens is 3. The Morgan fingerprint density at radius 3 is 2.23 bits per heavy atom. The Labute approximate surface area is 174 Å². The number of rotatable bonds is 4. The van der Waals surface area contributed by atoms with Crippen LogP contribution >= 0.6 is 0 Å². The van der Waals surface area contributed by atoms with Gasteiger partial charge in [0.2, 0.25) is 0 Å². The Morgan fingerprint density at radius 2 is 1.57 bits per heavy atom. The molecule has 5 heteroatoms. The lowest BCUT2D eigenvalue weighted by atomic mass is 9.64. The summed E-state index contributed by atoms with van der Waals surface area (Å²) in [5.41, 5.74) is 1.48. The largest absolute Gasteiger partial charge is 0.423 e. The second kappa shape index (κ2) is 8.66. The third-order valence-electron chi connectivity index (χ3n) is 6.77. The van der Waals surface area contributed by atoms with Crippen LogP contribution in [-0.2, 0) is 0 Å². The van der Waals surface area contributed by atoms with Gasteiger partial charge in [-0.1, -0.05) is 18.2 Å². The van der Waals surface area contributed by atoms with Gasteiger partial charge >= 0.3 is 5.97 Å². The fourth-order valence-corrected chi connectivity index (χ4v) is 5.09. The van der Waals surface area contributed by atoms with E-state index in [1.54, 1.807) is 12.1 Å². The topological polar surface area (TPSA) is 26.3 Å². The van der Waals surface area contributed by atoms with Crippen molar-refractivity contribution in [3.8, 4) is 5.75 Å². The number of esters is 1. The summed E-state index contributed by atoms with van der Waals surface area (Å²) in [4.78, 5) is 12.3. The predicted octanol–water partition coefficient (Wildman–Crippen LogP) is 6.81. The minimum atomic E-state index is -1.59. The van der Waals surface area contributed by atoms with Gasteiger partial charge in [0.1, 0.15) is 5.75 Å². The summed E-state index contributed by atoms with van der Waals surface area (Å²) in [6, 6.07) is 8.53. The highest BCUT2D eigenvalue weighted by Crippen LogP contribution is 2.47. The third kappa shape index (κ3) is 4.30. The molecule has 4 atom stereocenters. The van der Waals surface area contributed by atoms with Crippen LogP contribution in [-0.4, -0.2) is 5.97 Å². The standard InChI is InChI=1S/C25H25F3O2/c1-2-15-3-4-20-12-19(10-9-18(20)11-15)16-5-7-17(8-6-16)25(29)30-21-13-22(26)24(28)23(27)14-21/h2,5-8,13-15,18-20H,1,3-4,9-12H2. The van der Waals surface area contributed by atoms with Crippen LogP contribution in [0, 0.1) is 35.2 Å². The van der Waals surface area contributed by atoms with Crippen LogP contribution < -0.4 is 4.74 Å². The van der Waals surface area contributed by atoms with E-state index in [2.05, 4.69) is 12.7 Å². The molecule has 2 fully saturated rings. The fourth-order valence-electron chi connectivity index (χ4n) is 5.09. The monoisotopic (exact) mass is 414 g/mol. The molecule has 30 heavy (non-hydrogen) atoms. The molecule has 4 unspecified atom stereocenters. The summed E-state index contributed by atoms with van der Waals surface area (Å²) >= 11 is 0. The molecule has 0 radical (unpaired) electrons. The first-order chi connectivity index (χ1) is 14.4. The maximum atomic E-state index is 13.3. The molecule has 2 aliphatic rings. The van der Waals surface area contributed by atoms with Crippen LogP contribution in [0.25, 0.3) is 0 Å². The van der Waals surface area contributed by atoms with Crippen molar-refractivity contribution in [2.45, 2.75) is 44.4 Å². The van der Waals surface area contributed by atoms with Gasteiger partial charge < -0.3 is 4.74 Å². The molecule has 0 saturated heterocycles. The number of allylic oxidation sites excluding steroid dienone is 1. The SMILES string of the molecule is C=CC1CCC2CC(c3ccc(C(=O)Oc4cc(F)c(F)c(F)c4)cc3)CCC2C1. The number of fused-ring (bicyclic) bond motifs is 1. The highest BCUT2D eigenvalue weighted by atomic mass is 19.2. The minimum absolute atomic E-state index is 0.282. The number of carbonyl (C=O) groups excluding carboxylic acids is 1. The molecule has 4 rings (SSSR count). The Hall–Kier alpha value is -2.56. The first kappa shape index (κ1) is 20.7. The molecule has 0 aliphatic heterocycles. The van der Waals surface area contributed by atoms with Crippen molar-refractivity contribution in [3.63, 3.8) is 0 Å². The summed E-state index contributed by atoms with van der Waals surface area (Å²) in [6.45, 7) is 3.95. The average Bonchev–Trinajstić information content (AvgIpc) is 2.76. The highest BCUT2D eigenvalue weighted by Gasteiger charge is 2.35. The summed E-state index contributed by atoms with van der Waals surface area (Å²) in [7, 11) is 0. The average molecular weight is 414 g/mol. The van der Waals surface area contributed by atoms with Gasteiger partial charge in [-0.25, -0.2) is 18.0 Å². The van der Waals surface area contributed by atoms with Crippen LogP contribution in [0.15, 0.2) is 49.1 Å². The zero-order chi connectivity index (χ0) is 21.3. The van der Waals surface area contributed by atoms with Gasteiger partial charge in [-0.2, -0.15) is 0 Å². The van der Waals surface area contributed by atoms with E-state index in [1.165, 1.54) is 37.7 Å². The molecule has 2 aliphatic carbocycles. The van der Waals surface area contributed by atoms with Gasteiger partial charge in [0.25, 0.3) is 0 Å². The lowest BCUT2D eigenvalue weighted by Crippen LogP contribution is -2.29. The number of hydrogen-bond acceptors (Lipinski definition) is 2. The van der Waals surface area contributed by atoms with Crippen molar-refractivity contribution < 1.29 is 22.7 Å². The lowest BCUT2D eigenvalue weighted by molar-refractivity contribution is 0.0733. The summed E-state index contributed by atoms with van der Waals surface area (Å²) in [6.07, 6.45) is 9.39. The van der Waals surface area contributed by atoms with E-state index >= 15 is 0 Å². The summed E-state index contributed by atoms with van der Waals surface area (Å²) < 4.78 is 44.6. The maximum absolute atomic E-state index is 13.3. The van der Waals surface area contributed by atoms with Gasteiger partial charge in [0, 0.05) is 12.1 Å². The Balaban J connectivity index is 1.39. The van der Waals surface area contributed by atoms with E-state index in [-0.39, 0.29) is 11.3 Å². The van der Waals surface area contributed by atoms with Crippen LogP contribution in [0.1, 0.15) is 60.4 Å². The normalized spacial score (nSPS) is 26.0. The maximum Gasteiger partial charge on any atom is 0.343 e.